The van der Waals surface area contributed by atoms with Gasteiger partial charge in [0.1, 0.15) is 0 Å². The minimum absolute atomic E-state index is 0.00645. The van der Waals surface area contributed by atoms with E-state index in [1.54, 1.807) is 13.0 Å². The number of hydrogen-bond acceptors (Lipinski definition) is 5. The zero-order chi connectivity index (χ0) is 14.3. The van der Waals surface area contributed by atoms with Crippen molar-refractivity contribution in [3.8, 4) is 0 Å². The van der Waals surface area contributed by atoms with Crippen LogP contribution in [0.15, 0.2) is 12.3 Å². The number of aryl methyl sites for hydroxylation is 1. The van der Waals surface area contributed by atoms with Gasteiger partial charge in [0.15, 0.2) is 0 Å². The highest BCUT2D eigenvalue weighted by atomic mass is 16.6. The van der Waals surface area contributed by atoms with Crippen LogP contribution in [-0.2, 0) is 4.79 Å². The second kappa shape index (κ2) is 7.30. The summed E-state index contributed by atoms with van der Waals surface area (Å²) < 4.78 is 0. The summed E-state index contributed by atoms with van der Waals surface area (Å²) in [6.45, 7) is 2.20. The van der Waals surface area contributed by atoms with Gasteiger partial charge in [0.05, 0.1) is 4.92 Å². The Morgan fingerprint density at radius 1 is 1.47 bits per heavy atom. The Labute approximate surface area is 110 Å². The molecule has 7 nitrogen and oxygen atoms in total. The van der Waals surface area contributed by atoms with E-state index in [-0.39, 0.29) is 17.9 Å². The molecule has 0 fully saturated rings. The lowest BCUT2D eigenvalue weighted by Crippen LogP contribution is -2.07. The minimum Gasteiger partial charge on any atom is -0.481 e. The summed E-state index contributed by atoms with van der Waals surface area (Å²) in [5.41, 5.74) is 0.557. The van der Waals surface area contributed by atoms with E-state index in [1.165, 1.54) is 6.20 Å². The van der Waals surface area contributed by atoms with Crippen molar-refractivity contribution in [1.29, 1.82) is 0 Å². The molecule has 0 amide bonds. The van der Waals surface area contributed by atoms with Gasteiger partial charge in [-0.25, -0.2) is 4.98 Å². The van der Waals surface area contributed by atoms with E-state index >= 15 is 0 Å². The Bertz CT molecular complexity index is 462. The maximum absolute atomic E-state index is 10.9. The van der Waals surface area contributed by atoms with Gasteiger partial charge in [0.25, 0.3) is 0 Å². The van der Waals surface area contributed by atoms with Crippen molar-refractivity contribution in [3.05, 3.63) is 27.9 Å². The number of carboxylic acids is 1. The van der Waals surface area contributed by atoms with Crippen molar-refractivity contribution < 1.29 is 14.8 Å². The number of unbranched alkanes of at least 4 members (excludes halogenated alkanes) is 2. The van der Waals surface area contributed by atoms with Crippen LogP contribution in [0.25, 0.3) is 0 Å². The van der Waals surface area contributed by atoms with Gasteiger partial charge in [-0.2, -0.15) is 0 Å². The normalized spacial score (nSPS) is 10.2. The molecular weight excluding hydrogens is 250 g/mol. The largest absolute Gasteiger partial charge is 0.481 e. The number of pyridine rings is 1. The number of nitrogens with one attached hydrogen (secondary N) is 1. The number of anilines is 1. The van der Waals surface area contributed by atoms with Gasteiger partial charge in [-0.15, -0.1) is 0 Å². The van der Waals surface area contributed by atoms with Crippen molar-refractivity contribution in [2.24, 2.45) is 0 Å². The van der Waals surface area contributed by atoms with E-state index in [2.05, 4.69) is 10.3 Å². The predicted molar refractivity (Wildman–Crippen MR) is 70.2 cm³/mol. The Hall–Kier alpha value is -2.18. The summed E-state index contributed by atoms with van der Waals surface area (Å²) in [6.07, 6.45) is 3.80. The summed E-state index contributed by atoms with van der Waals surface area (Å²) in [5, 5.41) is 22.3. The van der Waals surface area contributed by atoms with Gasteiger partial charge in [-0.3, -0.25) is 14.9 Å². The number of carbonyl (C=O) groups is 1. The Morgan fingerprint density at radius 3 is 2.84 bits per heavy atom. The van der Waals surface area contributed by atoms with Crippen LogP contribution in [0.1, 0.15) is 31.2 Å². The van der Waals surface area contributed by atoms with Crippen LogP contribution in [0.3, 0.4) is 0 Å². The third kappa shape index (κ3) is 4.90. The number of rotatable bonds is 8. The zero-order valence-electron chi connectivity index (χ0n) is 10.8. The average molecular weight is 267 g/mol. The highest BCUT2D eigenvalue weighted by Gasteiger charge is 2.17. The Kier molecular flexibility index (Phi) is 5.72. The van der Waals surface area contributed by atoms with Crippen molar-refractivity contribution >= 4 is 17.5 Å². The second-order valence-electron chi connectivity index (χ2n) is 4.21. The third-order valence-electron chi connectivity index (χ3n) is 2.67. The first-order valence-electron chi connectivity index (χ1n) is 6.08. The first-order chi connectivity index (χ1) is 9.02. The highest BCUT2D eigenvalue weighted by Crippen LogP contribution is 2.25. The van der Waals surface area contributed by atoms with E-state index in [1.807, 2.05) is 0 Å². The minimum atomic E-state index is -0.802. The lowest BCUT2D eigenvalue weighted by atomic mass is 10.2. The number of hydrogen-bond donors (Lipinski definition) is 2. The van der Waals surface area contributed by atoms with Crippen molar-refractivity contribution in [2.45, 2.75) is 32.6 Å². The molecule has 1 heterocycles. The predicted octanol–water partition coefficient (Wildman–Crippen LogP) is 2.36. The molecule has 0 saturated heterocycles. The molecule has 0 saturated carbocycles. The van der Waals surface area contributed by atoms with Crippen molar-refractivity contribution in [3.63, 3.8) is 0 Å². The summed E-state index contributed by atoms with van der Waals surface area (Å²) in [5.74, 6) is -0.535. The van der Waals surface area contributed by atoms with E-state index in [9.17, 15) is 14.9 Å². The zero-order valence-corrected chi connectivity index (χ0v) is 10.8. The molecule has 0 aromatic carbocycles. The SMILES string of the molecule is Cc1ccnc(NCCCCCC(=O)O)c1[N+](=O)[O-]. The smallest absolute Gasteiger partial charge is 0.314 e. The van der Waals surface area contributed by atoms with Gasteiger partial charge in [-0.05, 0) is 25.8 Å². The molecule has 0 radical (unpaired) electrons. The summed E-state index contributed by atoms with van der Waals surface area (Å²) in [6, 6.07) is 1.59. The molecule has 0 aliphatic rings. The third-order valence-corrected chi connectivity index (χ3v) is 2.67. The van der Waals surface area contributed by atoms with Crippen LogP contribution in [0.2, 0.25) is 0 Å². The molecule has 7 heteroatoms. The molecular formula is C12H17N3O4. The van der Waals surface area contributed by atoms with Crippen LogP contribution in [0.4, 0.5) is 11.5 Å². The number of aromatic nitrogens is 1. The van der Waals surface area contributed by atoms with Crippen molar-refractivity contribution in [2.75, 3.05) is 11.9 Å². The molecule has 0 aliphatic carbocycles. The van der Waals surface area contributed by atoms with Gasteiger partial charge in [0.2, 0.25) is 5.82 Å². The summed E-state index contributed by atoms with van der Waals surface area (Å²) in [4.78, 5) is 24.7. The molecule has 19 heavy (non-hydrogen) atoms. The molecule has 104 valence electrons. The van der Waals surface area contributed by atoms with E-state index in [0.717, 1.165) is 12.8 Å². The molecule has 1 aromatic heterocycles. The van der Waals surface area contributed by atoms with Gasteiger partial charge < -0.3 is 10.4 Å². The number of nitro groups is 1. The maximum atomic E-state index is 10.9. The van der Waals surface area contributed by atoms with E-state index in [4.69, 9.17) is 5.11 Å². The first kappa shape index (κ1) is 14.9. The molecule has 0 spiro atoms. The number of nitrogens with zero attached hydrogens (tertiary/aromatic N) is 2. The summed E-state index contributed by atoms with van der Waals surface area (Å²) >= 11 is 0. The number of aliphatic carboxylic acids is 1. The Morgan fingerprint density at radius 2 is 2.21 bits per heavy atom. The van der Waals surface area contributed by atoms with E-state index < -0.39 is 10.9 Å². The maximum Gasteiger partial charge on any atom is 0.314 e. The molecule has 0 aliphatic heterocycles. The Balaban J connectivity index is 2.43. The molecule has 1 rings (SSSR count). The van der Waals surface area contributed by atoms with Crippen LogP contribution in [0, 0.1) is 17.0 Å². The first-order valence-corrected chi connectivity index (χ1v) is 6.08. The molecule has 0 unspecified atom stereocenters. The fourth-order valence-corrected chi connectivity index (χ4v) is 1.70. The molecule has 0 atom stereocenters. The second-order valence-corrected chi connectivity index (χ2v) is 4.21. The van der Waals surface area contributed by atoms with Crippen LogP contribution in [-0.4, -0.2) is 27.5 Å². The molecule has 0 bridgehead atoms. The van der Waals surface area contributed by atoms with E-state index in [0.29, 0.717) is 18.5 Å². The fraction of sp³-hybridized carbons (Fsp3) is 0.500. The average Bonchev–Trinajstić information content (AvgIpc) is 2.32. The van der Waals surface area contributed by atoms with Gasteiger partial charge in [-0.1, -0.05) is 6.42 Å². The lowest BCUT2D eigenvalue weighted by molar-refractivity contribution is -0.384. The molecule has 2 N–H and O–H groups in total. The lowest BCUT2D eigenvalue weighted by Gasteiger charge is -2.07. The van der Waals surface area contributed by atoms with Gasteiger partial charge in [0, 0.05) is 24.7 Å². The standard InChI is InChI=1S/C12H17N3O4/c1-9-6-8-14-12(11(9)15(18)19)13-7-4-2-3-5-10(16)17/h6,8H,2-5,7H2,1H3,(H,13,14)(H,16,17). The highest BCUT2D eigenvalue weighted by molar-refractivity contribution is 5.66. The number of carboxylic acid groups (broad SMARTS) is 1. The van der Waals surface area contributed by atoms with Crippen LogP contribution in [0.5, 0.6) is 0 Å². The monoisotopic (exact) mass is 267 g/mol. The molecule has 1 aromatic rings. The quantitative estimate of drug-likeness (QED) is 0.425. The topological polar surface area (TPSA) is 105 Å². The van der Waals surface area contributed by atoms with Crippen molar-refractivity contribution in [1.82, 2.24) is 4.98 Å². The van der Waals surface area contributed by atoms with Crippen LogP contribution < -0.4 is 5.32 Å². The van der Waals surface area contributed by atoms with Gasteiger partial charge >= 0.3 is 11.7 Å². The fourth-order valence-electron chi connectivity index (χ4n) is 1.70. The van der Waals surface area contributed by atoms with Crippen LogP contribution >= 0.6 is 0 Å². The summed E-state index contributed by atoms with van der Waals surface area (Å²) in [7, 11) is 0.